The lowest BCUT2D eigenvalue weighted by Crippen LogP contribution is -2.99. The summed E-state index contributed by atoms with van der Waals surface area (Å²) in [6, 6.07) is 9.64. The number of nitrogens with two attached hydrogens (primary N) is 2. The zero-order chi connectivity index (χ0) is 23.7. The first-order chi connectivity index (χ1) is 15.6. The Bertz CT molecular complexity index is 1250. The maximum atomic E-state index is 13.7. The number of anilines is 1. The number of halogens is 2. The molecule has 0 radical (unpaired) electrons. The van der Waals surface area contributed by atoms with E-state index in [-0.39, 0.29) is 13.0 Å². The number of carbonyl (C=O) groups excluding carboxylic acids is 4. The first-order valence-corrected chi connectivity index (χ1v) is 11.3. The quantitative estimate of drug-likeness (QED) is 0.557. The fourth-order valence-corrected chi connectivity index (χ4v) is 6.09. The Morgan fingerprint density at radius 3 is 2.61 bits per heavy atom. The number of hydrogen-bond donors (Lipinski definition) is 3. The van der Waals surface area contributed by atoms with Gasteiger partial charge in [0, 0.05) is 15.6 Å². The standard InChI is InChI=1S/C23H20Cl2N4O4/c1-10-6-12(24)7-13-19(10)27-22(33)23(13)18-17(15(28-23)8-16(26)30)20(31)29(21(18)32)9-11-4-2-3-5-14(11)25/h2-7,15,17-18,28H,8-9H2,1H3,(H2,26,30)(H,27,33)/p+1/t15-,17-,18+,23-/m1/s1. The largest absolute Gasteiger partial charge is 0.369 e. The molecule has 5 rings (SSSR count). The summed E-state index contributed by atoms with van der Waals surface area (Å²) in [5.74, 6) is -3.83. The van der Waals surface area contributed by atoms with Crippen molar-refractivity contribution in [3.05, 3.63) is 63.1 Å². The van der Waals surface area contributed by atoms with Crippen LogP contribution in [0.3, 0.4) is 0 Å². The highest BCUT2D eigenvalue weighted by Gasteiger charge is 2.74. The number of likely N-dealkylation sites (tertiary alicyclic amines) is 1. The van der Waals surface area contributed by atoms with Gasteiger partial charge in [-0.3, -0.25) is 24.1 Å². The van der Waals surface area contributed by atoms with E-state index < -0.39 is 47.0 Å². The summed E-state index contributed by atoms with van der Waals surface area (Å²) >= 11 is 12.6. The van der Waals surface area contributed by atoms with Crippen molar-refractivity contribution >= 4 is 52.5 Å². The minimum Gasteiger partial charge on any atom is -0.369 e. The molecule has 2 aromatic rings. The van der Waals surface area contributed by atoms with Gasteiger partial charge in [0.25, 0.3) is 5.91 Å². The van der Waals surface area contributed by atoms with Crippen LogP contribution in [0.4, 0.5) is 5.69 Å². The first-order valence-electron chi connectivity index (χ1n) is 10.5. The molecule has 170 valence electrons. The van der Waals surface area contributed by atoms with Crippen molar-refractivity contribution < 1.29 is 24.5 Å². The van der Waals surface area contributed by atoms with Gasteiger partial charge in [0.15, 0.2) is 0 Å². The molecule has 1 spiro atoms. The van der Waals surface area contributed by atoms with Crippen molar-refractivity contribution in [2.45, 2.75) is 31.5 Å². The number of carbonyl (C=O) groups is 4. The van der Waals surface area contributed by atoms with Gasteiger partial charge in [-0.15, -0.1) is 0 Å². The van der Waals surface area contributed by atoms with Crippen LogP contribution in [0.5, 0.6) is 0 Å². The van der Waals surface area contributed by atoms with Crippen molar-refractivity contribution in [2.24, 2.45) is 17.6 Å². The Balaban J connectivity index is 1.64. The maximum absolute atomic E-state index is 13.7. The van der Waals surface area contributed by atoms with Gasteiger partial charge in [0.1, 0.15) is 17.9 Å². The van der Waals surface area contributed by atoms with E-state index in [0.717, 1.165) is 10.5 Å². The molecule has 4 atom stereocenters. The number of nitrogens with one attached hydrogen (secondary N) is 1. The predicted octanol–water partition coefficient (Wildman–Crippen LogP) is 1.07. The molecule has 4 amide bonds. The molecule has 0 bridgehead atoms. The van der Waals surface area contributed by atoms with E-state index in [4.69, 9.17) is 28.9 Å². The van der Waals surface area contributed by atoms with Gasteiger partial charge in [-0.25, -0.2) is 0 Å². The molecule has 0 saturated carbocycles. The van der Waals surface area contributed by atoms with Crippen LogP contribution in [0.15, 0.2) is 36.4 Å². The summed E-state index contributed by atoms with van der Waals surface area (Å²) in [6.45, 7) is 1.79. The minimum absolute atomic E-state index is 0.0211. The molecular weight excluding hydrogens is 467 g/mol. The number of hydrogen-bond acceptors (Lipinski definition) is 4. The van der Waals surface area contributed by atoms with Crippen molar-refractivity contribution in [2.75, 3.05) is 5.32 Å². The van der Waals surface area contributed by atoms with Gasteiger partial charge in [0.2, 0.25) is 23.3 Å². The van der Waals surface area contributed by atoms with Crippen LogP contribution >= 0.6 is 23.2 Å². The lowest BCUT2D eigenvalue weighted by atomic mass is 9.76. The molecule has 5 N–H and O–H groups in total. The lowest BCUT2D eigenvalue weighted by Gasteiger charge is -2.26. The Labute approximate surface area is 199 Å². The van der Waals surface area contributed by atoms with Gasteiger partial charge in [-0.2, -0.15) is 0 Å². The highest BCUT2D eigenvalue weighted by Crippen LogP contribution is 2.51. The number of rotatable bonds is 4. The zero-order valence-corrected chi connectivity index (χ0v) is 19.1. The smallest absolute Gasteiger partial charge is 0.291 e. The molecular formula is C23H21Cl2N4O4+. The molecule has 3 heterocycles. The van der Waals surface area contributed by atoms with E-state index in [0.29, 0.717) is 26.9 Å². The summed E-state index contributed by atoms with van der Waals surface area (Å²) in [6.07, 6.45) is -0.149. The van der Waals surface area contributed by atoms with Crippen LogP contribution in [0.2, 0.25) is 10.0 Å². The number of fused-ring (bicyclic) bond motifs is 4. The van der Waals surface area contributed by atoms with Crippen LogP contribution in [-0.2, 0) is 31.3 Å². The van der Waals surface area contributed by atoms with Crippen LogP contribution in [0.25, 0.3) is 0 Å². The number of benzene rings is 2. The SMILES string of the molecule is Cc1cc(Cl)cc2c1NC(=O)[C@@]21[NH2+][C@H](CC(N)=O)[C@H]2C(=O)N(Cc3ccccc3Cl)C(=O)[C@H]21. The fraction of sp³-hybridized carbons (Fsp3) is 0.304. The molecule has 2 fully saturated rings. The molecule has 33 heavy (non-hydrogen) atoms. The second-order valence-electron chi connectivity index (χ2n) is 8.83. The first kappa shape index (κ1) is 21.9. The summed E-state index contributed by atoms with van der Waals surface area (Å²) in [7, 11) is 0. The monoisotopic (exact) mass is 487 g/mol. The van der Waals surface area contributed by atoms with Crippen molar-refractivity contribution in [1.29, 1.82) is 0 Å². The Kier molecular flexibility index (Phi) is 5.00. The van der Waals surface area contributed by atoms with E-state index in [9.17, 15) is 19.2 Å². The van der Waals surface area contributed by atoms with Crippen molar-refractivity contribution in [3.8, 4) is 0 Å². The molecule has 0 aliphatic carbocycles. The zero-order valence-electron chi connectivity index (χ0n) is 17.6. The summed E-state index contributed by atoms with van der Waals surface area (Å²) in [4.78, 5) is 53.7. The van der Waals surface area contributed by atoms with E-state index in [1.165, 1.54) is 0 Å². The molecule has 2 saturated heterocycles. The third-order valence-electron chi connectivity index (χ3n) is 6.95. The molecule has 2 aromatic carbocycles. The Morgan fingerprint density at radius 2 is 1.91 bits per heavy atom. The van der Waals surface area contributed by atoms with Crippen LogP contribution in [0, 0.1) is 18.8 Å². The summed E-state index contributed by atoms with van der Waals surface area (Å²) < 4.78 is 0. The number of amides is 4. The number of aryl methyl sites for hydroxylation is 1. The minimum atomic E-state index is -1.42. The van der Waals surface area contributed by atoms with Gasteiger partial charge >= 0.3 is 0 Å². The Hall–Kier alpha value is -2.94. The molecule has 0 unspecified atom stereocenters. The predicted molar refractivity (Wildman–Crippen MR) is 120 cm³/mol. The normalized spacial score (nSPS) is 27.8. The van der Waals surface area contributed by atoms with Crippen LogP contribution in [-0.4, -0.2) is 34.6 Å². The van der Waals surface area contributed by atoms with Crippen molar-refractivity contribution in [1.82, 2.24) is 4.90 Å². The summed E-state index contributed by atoms with van der Waals surface area (Å²) in [5, 5.41) is 5.37. The van der Waals surface area contributed by atoms with E-state index in [2.05, 4.69) is 5.32 Å². The van der Waals surface area contributed by atoms with Crippen molar-refractivity contribution in [3.63, 3.8) is 0 Å². The molecule has 3 aliphatic heterocycles. The summed E-state index contributed by atoms with van der Waals surface area (Å²) in [5.41, 5.74) is 6.52. The van der Waals surface area contributed by atoms with Crippen LogP contribution in [0.1, 0.15) is 23.1 Å². The maximum Gasteiger partial charge on any atom is 0.291 e. The lowest BCUT2D eigenvalue weighted by molar-refractivity contribution is -0.732. The highest BCUT2D eigenvalue weighted by molar-refractivity contribution is 6.31. The number of imide groups is 1. The van der Waals surface area contributed by atoms with Gasteiger partial charge in [0.05, 0.1) is 18.7 Å². The number of quaternary nitrogens is 1. The molecule has 3 aliphatic rings. The van der Waals surface area contributed by atoms with Gasteiger partial charge in [-0.05, 0) is 36.2 Å². The van der Waals surface area contributed by atoms with E-state index in [1.54, 1.807) is 41.7 Å². The second-order valence-corrected chi connectivity index (χ2v) is 9.67. The highest BCUT2D eigenvalue weighted by atomic mass is 35.5. The second kappa shape index (κ2) is 7.55. The third kappa shape index (κ3) is 3.08. The number of primary amides is 1. The average Bonchev–Trinajstić information content (AvgIpc) is 3.30. The van der Waals surface area contributed by atoms with Crippen LogP contribution < -0.4 is 16.4 Å². The molecule has 0 aromatic heterocycles. The Morgan fingerprint density at radius 1 is 1.18 bits per heavy atom. The fourth-order valence-electron chi connectivity index (χ4n) is 5.63. The van der Waals surface area contributed by atoms with E-state index in [1.807, 2.05) is 6.92 Å². The van der Waals surface area contributed by atoms with E-state index >= 15 is 0 Å². The topological polar surface area (TPSA) is 126 Å². The third-order valence-corrected chi connectivity index (χ3v) is 7.54. The number of nitrogens with zero attached hydrogens (tertiary/aromatic N) is 1. The molecule has 8 nitrogen and oxygen atoms in total. The van der Waals surface area contributed by atoms with Gasteiger partial charge < -0.3 is 16.4 Å². The van der Waals surface area contributed by atoms with Gasteiger partial charge in [-0.1, -0.05) is 41.4 Å². The molecule has 10 heteroatoms. The average molecular weight is 488 g/mol.